The van der Waals surface area contributed by atoms with Crippen molar-refractivity contribution < 1.29 is 9.59 Å². The fourth-order valence-electron chi connectivity index (χ4n) is 3.97. The van der Waals surface area contributed by atoms with Crippen LogP contribution in [0.2, 0.25) is 0 Å². The lowest BCUT2D eigenvalue weighted by atomic mass is 9.92. The van der Waals surface area contributed by atoms with E-state index in [1.54, 1.807) is 0 Å². The summed E-state index contributed by atoms with van der Waals surface area (Å²) in [6, 6.07) is 10.4. The first kappa shape index (κ1) is 18.9. The van der Waals surface area contributed by atoms with E-state index >= 15 is 0 Å². The average Bonchev–Trinajstić information content (AvgIpc) is 2.69. The Balaban J connectivity index is 1.40. The van der Waals surface area contributed by atoms with Gasteiger partial charge in [-0.15, -0.1) is 0 Å². The van der Waals surface area contributed by atoms with Crippen LogP contribution in [-0.2, 0) is 16.0 Å². The molecule has 26 heavy (non-hydrogen) atoms. The van der Waals surface area contributed by atoms with Crippen LogP contribution in [0.1, 0.15) is 38.2 Å². The SMILES string of the molecule is CC1CNCCC1NC(=O)C1CCN(C(=O)CCc2ccccc2)CC1. The quantitative estimate of drug-likeness (QED) is 0.847. The van der Waals surface area contributed by atoms with Gasteiger partial charge in [0.15, 0.2) is 0 Å². The molecule has 0 radical (unpaired) electrons. The maximum Gasteiger partial charge on any atom is 0.223 e. The molecular formula is C21H31N3O2. The molecule has 2 saturated heterocycles. The van der Waals surface area contributed by atoms with Crippen LogP contribution in [0, 0.1) is 11.8 Å². The van der Waals surface area contributed by atoms with Crippen molar-refractivity contribution in [2.45, 2.75) is 45.1 Å². The van der Waals surface area contributed by atoms with Gasteiger partial charge in [-0.25, -0.2) is 0 Å². The summed E-state index contributed by atoms with van der Waals surface area (Å²) >= 11 is 0. The van der Waals surface area contributed by atoms with Gasteiger partial charge in [-0.1, -0.05) is 37.3 Å². The number of likely N-dealkylation sites (tertiary alicyclic amines) is 1. The zero-order chi connectivity index (χ0) is 18.4. The molecule has 0 spiro atoms. The van der Waals surface area contributed by atoms with Gasteiger partial charge in [0.2, 0.25) is 11.8 Å². The van der Waals surface area contributed by atoms with E-state index in [1.165, 1.54) is 5.56 Å². The highest BCUT2D eigenvalue weighted by atomic mass is 16.2. The van der Waals surface area contributed by atoms with Gasteiger partial charge >= 0.3 is 0 Å². The molecular weight excluding hydrogens is 326 g/mol. The third-order valence-electron chi connectivity index (χ3n) is 5.80. The summed E-state index contributed by atoms with van der Waals surface area (Å²) in [4.78, 5) is 26.9. The van der Waals surface area contributed by atoms with Gasteiger partial charge in [-0.3, -0.25) is 9.59 Å². The number of carbonyl (C=O) groups is 2. The highest BCUT2D eigenvalue weighted by molar-refractivity contribution is 5.80. The second-order valence-corrected chi connectivity index (χ2v) is 7.73. The minimum Gasteiger partial charge on any atom is -0.353 e. The Morgan fingerprint density at radius 3 is 2.58 bits per heavy atom. The Hall–Kier alpha value is -1.88. The maximum atomic E-state index is 12.6. The Bertz CT molecular complexity index is 597. The van der Waals surface area contributed by atoms with E-state index in [2.05, 4.69) is 29.7 Å². The molecule has 5 heteroatoms. The van der Waals surface area contributed by atoms with Crippen LogP contribution in [0.5, 0.6) is 0 Å². The number of benzene rings is 1. The maximum absolute atomic E-state index is 12.6. The van der Waals surface area contributed by atoms with Gasteiger partial charge in [-0.2, -0.15) is 0 Å². The van der Waals surface area contributed by atoms with Gasteiger partial charge in [-0.05, 0) is 50.3 Å². The van der Waals surface area contributed by atoms with Crippen LogP contribution in [0.4, 0.5) is 0 Å². The average molecular weight is 357 g/mol. The fourth-order valence-corrected chi connectivity index (χ4v) is 3.97. The number of piperidine rings is 2. The van der Waals surface area contributed by atoms with Gasteiger partial charge in [0.25, 0.3) is 0 Å². The lowest BCUT2D eigenvalue weighted by molar-refractivity contribution is -0.136. The van der Waals surface area contributed by atoms with Gasteiger partial charge in [0.05, 0.1) is 0 Å². The van der Waals surface area contributed by atoms with Gasteiger partial charge in [0.1, 0.15) is 0 Å². The zero-order valence-corrected chi connectivity index (χ0v) is 15.7. The first-order chi connectivity index (χ1) is 12.6. The van der Waals surface area contributed by atoms with Crippen LogP contribution >= 0.6 is 0 Å². The summed E-state index contributed by atoms with van der Waals surface area (Å²) in [6.45, 7) is 5.54. The van der Waals surface area contributed by atoms with Crippen LogP contribution < -0.4 is 10.6 Å². The topological polar surface area (TPSA) is 61.4 Å². The summed E-state index contributed by atoms with van der Waals surface area (Å²) in [6.07, 6.45) is 3.90. The van der Waals surface area contributed by atoms with Crippen molar-refractivity contribution in [3.8, 4) is 0 Å². The fraction of sp³-hybridized carbons (Fsp3) is 0.619. The molecule has 3 rings (SSSR count). The first-order valence-electron chi connectivity index (χ1n) is 9.96. The zero-order valence-electron chi connectivity index (χ0n) is 15.7. The smallest absolute Gasteiger partial charge is 0.223 e. The lowest BCUT2D eigenvalue weighted by Gasteiger charge is -2.34. The van der Waals surface area contributed by atoms with Crippen LogP contribution in [0.3, 0.4) is 0 Å². The van der Waals surface area contributed by atoms with E-state index < -0.39 is 0 Å². The second kappa shape index (κ2) is 9.17. The summed E-state index contributed by atoms with van der Waals surface area (Å²) in [5.74, 6) is 0.919. The number of hydrogen-bond acceptors (Lipinski definition) is 3. The van der Waals surface area contributed by atoms with Gasteiger partial charge in [0, 0.05) is 31.5 Å². The van der Waals surface area contributed by atoms with Crippen molar-refractivity contribution in [1.29, 1.82) is 0 Å². The standard InChI is InChI=1S/C21H31N3O2/c1-16-15-22-12-9-19(16)23-21(26)18-10-13-24(14-11-18)20(25)8-7-17-5-3-2-4-6-17/h2-6,16,18-19,22H,7-15H2,1H3,(H,23,26). The Morgan fingerprint density at radius 2 is 1.88 bits per heavy atom. The molecule has 1 aromatic carbocycles. The molecule has 2 atom stereocenters. The molecule has 142 valence electrons. The predicted molar refractivity (Wildman–Crippen MR) is 103 cm³/mol. The summed E-state index contributed by atoms with van der Waals surface area (Å²) in [7, 11) is 0. The van der Waals surface area contributed by atoms with Crippen LogP contribution in [0.25, 0.3) is 0 Å². The summed E-state index contributed by atoms with van der Waals surface area (Å²) < 4.78 is 0. The number of aryl methyl sites for hydroxylation is 1. The number of nitrogens with one attached hydrogen (secondary N) is 2. The Kier molecular flexibility index (Phi) is 6.67. The highest BCUT2D eigenvalue weighted by Crippen LogP contribution is 2.20. The van der Waals surface area contributed by atoms with E-state index in [4.69, 9.17) is 0 Å². The third kappa shape index (κ3) is 5.07. The van der Waals surface area contributed by atoms with Crippen molar-refractivity contribution in [3.63, 3.8) is 0 Å². The molecule has 2 unspecified atom stereocenters. The first-order valence-corrected chi connectivity index (χ1v) is 9.96. The second-order valence-electron chi connectivity index (χ2n) is 7.73. The third-order valence-corrected chi connectivity index (χ3v) is 5.80. The minimum absolute atomic E-state index is 0.0512. The number of nitrogens with zero attached hydrogens (tertiary/aromatic N) is 1. The Morgan fingerprint density at radius 1 is 1.15 bits per heavy atom. The molecule has 2 N–H and O–H groups in total. The van der Waals surface area contributed by atoms with E-state index in [0.29, 0.717) is 25.4 Å². The number of carbonyl (C=O) groups excluding carboxylic acids is 2. The van der Waals surface area contributed by atoms with Crippen LogP contribution in [-0.4, -0.2) is 48.9 Å². The molecule has 5 nitrogen and oxygen atoms in total. The van der Waals surface area contributed by atoms with E-state index in [-0.39, 0.29) is 23.8 Å². The van der Waals surface area contributed by atoms with E-state index in [1.807, 2.05) is 23.1 Å². The van der Waals surface area contributed by atoms with Crippen molar-refractivity contribution >= 4 is 11.8 Å². The molecule has 2 heterocycles. The minimum atomic E-state index is 0.0512. The molecule has 0 aliphatic carbocycles. The molecule has 1 aromatic rings. The molecule has 0 aromatic heterocycles. The molecule has 2 fully saturated rings. The number of rotatable bonds is 5. The highest BCUT2D eigenvalue weighted by Gasteiger charge is 2.30. The Labute approximate surface area is 156 Å². The normalized spacial score (nSPS) is 24.3. The summed E-state index contributed by atoms with van der Waals surface area (Å²) in [5.41, 5.74) is 1.20. The van der Waals surface area contributed by atoms with Gasteiger partial charge < -0.3 is 15.5 Å². The van der Waals surface area contributed by atoms with Crippen molar-refractivity contribution in [1.82, 2.24) is 15.5 Å². The van der Waals surface area contributed by atoms with Crippen molar-refractivity contribution in [2.24, 2.45) is 11.8 Å². The van der Waals surface area contributed by atoms with Crippen LogP contribution in [0.15, 0.2) is 30.3 Å². The molecule has 2 aliphatic heterocycles. The number of hydrogen-bond donors (Lipinski definition) is 2. The molecule has 2 aliphatic rings. The number of amides is 2. The van der Waals surface area contributed by atoms with Crippen molar-refractivity contribution in [2.75, 3.05) is 26.2 Å². The van der Waals surface area contributed by atoms with E-state index in [0.717, 1.165) is 38.8 Å². The molecule has 0 bridgehead atoms. The largest absolute Gasteiger partial charge is 0.353 e. The summed E-state index contributed by atoms with van der Waals surface area (Å²) in [5, 5.41) is 6.61. The lowest BCUT2D eigenvalue weighted by Crippen LogP contribution is -2.51. The van der Waals surface area contributed by atoms with E-state index in [9.17, 15) is 9.59 Å². The monoisotopic (exact) mass is 357 g/mol. The van der Waals surface area contributed by atoms with Crippen molar-refractivity contribution in [3.05, 3.63) is 35.9 Å². The molecule has 0 saturated carbocycles. The predicted octanol–water partition coefficient (Wildman–Crippen LogP) is 1.97. The molecule has 2 amide bonds.